The number of methoxy groups -OCH3 is 1. The fraction of sp³-hybridized carbons (Fsp3) is 0.700. The predicted molar refractivity (Wildman–Crippen MR) is 45.7 cm³/mol. The highest BCUT2D eigenvalue weighted by atomic mass is 16.5. The van der Waals surface area contributed by atoms with Crippen molar-refractivity contribution in [3.05, 3.63) is 12.2 Å². The molecule has 0 N–H and O–H groups in total. The number of carbonyl (C=O) groups is 1. The van der Waals surface area contributed by atoms with Crippen molar-refractivity contribution in [3.63, 3.8) is 0 Å². The second kappa shape index (κ2) is 3.02. The van der Waals surface area contributed by atoms with Crippen molar-refractivity contribution in [2.24, 2.45) is 17.8 Å². The maximum Gasteiger partial charge on any atom is 0.146 e. The van der Waals surface area contributed by atoms with Crippen molar-refractivity contribution >= 4 is 5.78 Å². The van der Waals surface area contributed by atoms with E-state index in [0.29, 0.717) is 11.7 Å². The lowest BCUT2D eigenvalue weighted by Gasteiger charge is -2.15. The Morgan fingerprint density at radius 3 is 2.92 bits per heavy atom. The molecule has 2 nitrogen and oxygen atoms in total. The summed E-state index contributed by atoms with van der Waals surface area (Å²) in [7, 11) is 1.71. The summed E-state index contributed by atoms with van der Waals surface area (Å²) in [4.78, 5) is 11.4. The van der Waals surface area contributed by atoms with Gasteiger partial charge >= 0.3 is 0 Å². The number of hydrogen-bond donors (Lipinski definition) is 0. The summed E-state index contributed by atoms with van der Waals surface area (Å²) in [6.07, 6.45) is 6.24. The number of hydrogen-bond acceptors (Lipinski definition) is 2. The first kappa shape index (κ1) is 7.99. The summed E-state index contributed by atoms with van der Waals surface area (Å²) in [5, 5.41) is 0. The van der Waals surface area contributed by atoms with Crippen LogP contribution in [-0.2, 0) is 9.53 Å². The van der Waals surface area contributed by atoms with Gasteiger partial charge in [0.05, 0.1) is 0 Å². The van der Waals surface area contributed by atoms with Crippen LogP contribution in [0.5, 0.6) is 0 Å². The minimum absolute atomic E-state index is 0.227. The van der Waals surface area contributed by atoms with Crippen LogP contribution in [0.2, 0.25) is 0 Å². The average molecular weight is 166 g/mol. The lowest BCUT2D eigenvalue weighted by molar-refractivity contribution is -0.121. The van der Waals surface area contributed by atoms with E-state index in [0.717, 1.165) is 19.4 Å². The first-order chi connectivity index (χ1) is 5.83. The van der Waals surface area contributed by atoms with Crippen molar-refractivity contribution in [2.75, 3.05) is 13.7 Å². The molecule has 3 unspecified atom stereocenters. The Morgan fingerprint density at radius 2 is 2.42 bits per heavy atom. The molecule has 3 atom stereocenters. The van der Waals surface area contributed by atoms with Gasteiger partial charge in [0.15, 0.2) is 0 Å². The molecule has 0 amide bonds. The quantitative estimate of drug-likeness (QED) is 0.592. The minimum atomic E-state index is 0.227. The van der Waals surface area contributed by atoms with E-state index in [1.807, 2.05) is 0 Å². The Balaban J connectivity index is 1.95. The topological polar surface area (TPSA) is 26.3 Å². The van der Waals surface area contributed by atoms with E-state index in [2.05, 4.69) is 12.2 Å². The van der Waals surface area contributed by atoms with Gasteiger partial charge in [0.25, 0.3) is 0 Å². The lowest BCUT2D eigenvalue weighted by atomic mass is 9.91. The molecule has 0 aromatic carbocycles. The van der Waals surface area contributed by atoms with Crippen molar-refractivity contribution in [1.82, 2.24) is 0 Å². The highest BCUT2D eigenvalue weighted by Crippen LogP contribution is 2.41. The second-order valence-corrected chi connectivity index (χ2v) is 3.70. The van der Waals surface area contributed by atoms with Crippen molar-refractivity contribution in [3.8, 4) is 0 Å². The average Bonchev–Trinajstić information content (AvgIpc) is 2.58. The van der Waals surface area contributed by atoms with Gasteiger partial charge in [-0.3, -0.25) is 4.79 Å². The third-order valence-electron chi connectivity index (χ3n) is 3.00. The molecule has 2 rings (SSSR count). The molecule has 0 aromatic rings. The van der Waals surface area contributed by atoms with Crippen LogP contribution in [0.25, 0.3) is 0 Å². The maximum atomic E-state index is 11.4. The Labute approximate surface area is 72.6 Å². The predicted octanol–water partition coefficient (Wildman–Crippen LogP) is 1.41. The molecule has 1 saturated carbocycles. The maximum absolute atomic E-state index is 11.4. The number of ether oxygens (including phenoxy) is 1. The molecule has 12 heavy (non-hydrogen) atoms. The van der Waals surface area contributed by atoms with Gasteiger partial charge in [-0.05, 0) is 18.8 Å². The zero-order chi connectivity index (χ0) is 8.55. The number of fused-ring (bicyclic) bond motifs is 2. The van der Waals surface area contributed by atoms with Crippen LogP contribution in [0.1, 0.15) is 12.8 Å². The van der Waals surface area contributed by atoms with E-state index >= 15 is 0 Å². The van der Waals surface area contributed by atoms with Gasteiger partial charge < -0.3 is 4.74 Å². The van der Waals surface area contributed by atoms with Crippen LogP contribution < -0.4 is 0 Å². The number of rotatable bonds is 3. The number of allylic oxidation sites excluding steroid dienone is 2. The van der Waals surface area contributed by atoms with Crippen molar-refractivity contribution in [1.29, 1.82) is 0 Å². The summed E-state index contributed by atoms with van der Waals surface area (Å²) in [6, 6.07) is 0. The highest BCUT2D eigenvalue weighted by molar-refractivity contribution is 5.91. The standard InChI is InChI=1S/C10H14O2/c1-12-5-4-7-6-8-2-3-9(7)10(8)11/h2-3,7-9H,4-6H2,1H3. The molecule has 0 radical (unpaired) electrons. The smallest absolute Gasteiger partial charge is 0.146 e. The fourth-order valence-corrected chi connectivity index (χ4v) is 2.31. The molecule has 0 saturated heterocycles. The van der Waals surface area contributed by atoms with E-state index in [4.69, 9.17) is 4.74 Å². The van der Waals surface area contributed by atoms with Crippen LogP contribution in [0.15, 0.2) is 12.2 Å². The molecule has 2 aliphatic rings. The van der Waals surface area contributed by atoms with Gasteiger partial charge in [0.1, 0.15) is 5.78 Å². The third kappa shape index (κ3) is 1.11. The molecule has 1 fully saturated rings. The molecule has 0 aromatic heterocycles. The molecule has 2 bridgehead atoms. The third-order valence-corrected chi connectivity index (χ3v) is 3.00. The van der Waals surface area contributed by atoms with Crippen LogP contribution >= 0.6 is 0 Å². The van der Waals surface area contributed by atoms with Crippen LogP contribution in [0.3, 0.4) is 0 Å². The van der Waals surface area contributed by atoms with Crippen LogP contribution in [-0.4, -0.2) is 19.5 Å². The van der Waals surface area contributed by atoms with Gasteiger partial charge in [-0.1, -0.05) is 12.2 Å². The molecular formula is C10H14O2. The Morgan fingerprint density at radius 1 is 1.58 bits per heavy atom. The zero-order valence-corrected chi connectivity index (χ0v) is 7.32. The highest BCUT2D eigenvalue weighted by Gasteiger charge is 2.42. The number of ketones is 1. The van der Waals surface area contributed by atoms with Crippen LogP contribution in [0, 0.1) is 17.8 Å². The first-order valence-corrected chi connectivity index (χ1v) is 4.54. The van der Waals surface area contributed by atoms with Gasteiger partial charge in [0.2, 0.25) is 0 Å². The number of Topliss-reactive ketones (excluding diaryl/α,β-unsaturated/α-hetero) is 1. The van der Waals surface area contributed by atoms with E-state index in [9.17, 15) is 4.79 Å². The molecule has 0 heterocycles. The minimum Gasteiger partial charge on any atom is -0.385 e. The van der Waals surface area contributed by atoms with Crippen LogP contribution in [0.4, 0.5) is 0 Å². The SMILES string of the molecule is COCCC1CC2C=CC1C2=O. The second-order valence-electron chi connectivity index (χ2n) is 3.70. The van der Waals surface area contributed by atoms with E-state index in [1.54, 1.807) is 7.11 Å². The molecular weight excluding hydrogens is 152 g/mol. The van der Waals surface area contributed by atoms with Crippen molar-refractivity contribution in [2.45, 2.75) is 12.8 Å². The summed E-state index contributed by atoms with van der Waals surface area (Å²) >= 11 is 0. The molecule has 2 aliphatic carbocycles. The first-order valence-electron chi connectivity index (χ1n) is 4.54. The lowest BCUT2D eigenvalue weighted by Crippen LogP contribution is -2.12. The van der Waals surface area contributed by atoms with Gasteiger partial charge in [-0.25, -0.2) is 0 Å². The van der Waals surface area contributed by atoms with Gasteiger partial charge in [-0.2, -0.15) is 0 Å². The largest absolute Gasteiger partial charge is 0.385 e. The fourth-order valence-electron chi connectivity index (χ4n) is 2.31. The van der Waals surface area contributed by atoms with E-state index in [1.165, 1.54) is 0 Å². The summed E-state index contributed by atoms with van der Waals surface area (Å²) in [6.45, 7) is 0.787. The van der Waals surface area contributed by atoms with Gasteiger partial charge in [0, 0.05) is 25.6 Å². The number of carbonyl (C=O) groups excluding carboxylic acids is 1. The summed E-state index contributed by atoms with van der Waals surface area (Å²) in [5.41, 5.74) is 0. The van der Waals surface area contributed by atoms with Gasteiger partial charge in [-0.15, -0.1) is 0 Å². The van der Waals surface area contributed by atoms with Crippen molar-refractivity contribution < 1.29 is 9.53 Å². The Hall–Kier alpha value is -0.630. The van der Waals surface area contributed by atoms with E-state index in [-0.39, 0.29) is 11.8 Å². The zero-order valence-electron chi connectivity index (χ0n) is 7.32. The Kier molecular flexibility index (Phi) is 2.01. The Bertz CT molecular complexity index is 220. The summed E-state index contributed by atoms with van der Waals surface area (Å²) < 4.78 is 5.01. The molecule has 66 valence electrons. The van der Waals surface area contributed by atoms with E-state index < -0.39 is 0 Å². The normalized spacial score (nSPS) is 38.1. The summed E-state index contributed by atoms with van der Waals surface area (Å²) in [5.74, 6) is 1.48. The monoisotopic (exact) mass is 166 g/mol. The molecule has 0 spiro atoms. The molecule has 0 aliphatic heterocycles. The molecule has 2 heteroatoms.